The maximum absolute atomic E-state index is 6.22. The van der Waals surface area contributed by atoms with Crippen LogP contribution in [0.25, 0.3) is 0 Å². The molecule has 0 bridgehead atoms. The summed E-state index contributed by atoms with van der Waals surface area (Å²) in [7, 11) is 3.29. The SMILES string of the molecule is COc1ccc(C(N)CC(C)(C)N)c(OC)c1C. The Balaban J connectivity index is 3.13. The molecule has 0 amide bonds. The van der Waals surface area contributed by atoms with Crippen LogP contribution >= 0.6 is 0 Å². The zero-order chi connectivity index (χ0) is 13.9. The van der Waals surface area contributed by atoms with Crippen molar-refractivity contribution < 1.29 is 9.47 Å². The van der Waals surface area contributed by atoms with Crippen LogP contribution in [0.15, 0.2) is 12.1 Å². The van der Waals surface area contributed by atoms with E-state index in [1.165, 1.54) is 0 Å². The first kappa shape index (κ1) is 14.8. The van der Waals surface area contributed by atoms with Gasteiger partial charge in [-0.25, -0.2) is 0 Å². The van der Waals surface area contributed by atoms with Crippen molar-refractivity contribution in [2.45, 2.75) is 38.8 Å². The molecule has 0 fully saturated rings. The van der Waals surface area contributed by atoms with E-state index in [-0.39, 0.29) is 11.6 Å². The first-order valence-corrected chi connectivity index (χ1v) is 6.06. The minimum Gasteiger partial charge on any atom is -0.496 e. The van der Waals surface area contributed by atoms with Crippen molar-refractivity contribution in [1.29, 1.82) is 0 Å². The Bertz CT molecular complexity index is 411. The summed E-state index contributed by atoms with van der Waals surface area (Å²) in [5.41, 5.74) is 13.9. The number of benzene rings is 1. The Kier molecular flexibility index (Phi) is 4.59. The predicted molar refractivity (Wildman–Crippen MR) is 74.1 cm³/mol. The molecule has 4 N–H and O–H groups in total. The molecule has 1 rings (SSSR count). The second-order valence-corrected chi connectivity index (χ2v) is 5.31. The van der Waals surface area contributed by atoms with Crippen LogP contribution in [-0.2, 0) is 0 Å². The lowest BCUT2D eigenvalue weighted by molar-refractivity contribution is 0.373. The molecule has 0 aliphatic heterocycles. The van der Waals surface area contributed by atoms with Gasteiger partial charge in [-0.2, -0.15) is 0 Å². The molecule has 0 saturated carbocycles. The van der Waals surface area contributed by atoms with Crippen LogP contribution in [0, 0.1) is 6.92 Å². The van der Waals surface area contributed by atoms with Crippen molar-refractivity contribution in [2.24, 2.45) is 11.5 Å². The van der Waals surface area contributed by atoms with Crippen molar-refractivity contribution in [3.8, 4) is 11.5 Å². The fraction of sp³-hybridized carbons (Fsp3) is 0.571. The van der Waals surface area contributed by atoms with Gasteiger partial charge in [-0.3, -0.25) is 0 Å². The third-order valence-corrected chi connectivity index (χ3v) is 2.96. The number of hydrogen-bond acceptors (Lipinski definition) is 4. The highest BCUT2D eigenvalue weighted by Gasteiger charge is 2.22. The molecule has 0 spiro atoms. The van der Waals surface area contributed by atoms with E-state index in [1.807, 2.05) is 32.9 Å². The topological polar surface area (TPSA) is 70.5 Å². The largest absolute Gasteiger partial charge is 0.496 e. The van der Waals surface area contributed by atoms with Gasteiger partial charge in [0, 0.05) is 22.7 Å². The summed E-state index contributed by atoms with van der Waals surface area (Å²) in [6, 6.07) is 3.71. The minimum absolute atomic E-state index is 0.149. The molecule has 4 heteroatoms. The summed E-state index contributed by atoms with van der Waals surface area (Å²) in [5.74, 6) is 1.58. The standard InChI is InChI=1S/C14H24N2O2/c1-9-12(17-4)7-6-10(13(9)18-5)11(15)8-14(2,3)16/h6-7,11H,8,15-16H2,1-5H3. The number of rotatable bonds is 5. The zero-order valence-electron chi connectivity index (χ0n) is 11.9. The lowest BCUT2D eigenvalue weighted by Gasteiger charge is -2.25. The molecule has 0 aliphatic carbocycles. The van der Waals surface area contributed by atoms with Crippen LogP contribution in [0.4, 0.5) is 0 Å². The molecule has 18 heavy (non-hydrogen) atoms. The Labute approximate surface area is 109 Å². The van der Waals surface area contributed by atoms with Crippen LogP contribution in [0.2, 0.25) is 0 Å². The minimum atomic E-state index is -0.307. The van der Waals surface area contributed by atoms with Crippen molar-refractivity contribution in [3.05, 3.63) is 23.3 Å². The average Bonchev–Trinajstić information content (AvgIpc) is 2.26. The highest BCUT2D eigenvalue weighted by atomic mass is 16.5. The Hall–Kier alpha value is -1.26. The van der Waals surface area contributed by atoms with Crippen molar-refractivity contribution in [2.75, 3.05) is 14.2 Å². The van der Waals surface area contributed by atoms with Crippen LogP contribution in [-0.4, -0.2) is 19.8 Å². The Morgan fingerprint density at radius 3 is 2.28 bits per heavy atom. The van der Waals surface area contributed by atoms with E-state index >= 15 is 0 Å². The average molecular weight is 252 g/mol. The van der Waals surface area contributed by atoms with Crippen molar-refractivity contribution in [3.63, 3.8) is 0 Å². The number of methoxy groups -OCH3 is 2. The summed E-state index contributed by atoms with van der Waals surface area (Å²) in [5, 5.41) is 0. The maximum atomic E-state index is 6.22. The highest BCUT2D eigenvalue weighted by Crippen LogP contribution is 2.35. The van der Waals surface area contributed by atoms with E-state index in [0.717, 1.165) is 22.6 Å². The fourth-order valence-electron chi connectivity index (χ4n) is 2.16. The third kappa shape index (κ3) is 3.37. The van der Waals surface area contributed by atoms with E-state index < -0.39 is 0 Å². The van der Waals surface area contributed by atoms with Crippen LogP contribution < -0.4 is 20.9 Å². The second-order valence-electron chi connectivity index (χ2n) is 5.31. The molecule has 0 radical (unpaired) electrons. The Morgan fingerprint density at radius 1 is 1.22 bits per heavy atom. The summed E-state index contributed by atoms with van der Waals surface area (Å²) in [6.07, 6.45) is 0.690. The van der Waals surface area contributed by atoms with Crippen LogP contribution in [0.5, 0.6) is 11.5 Å². The van der Waals surface area contributed by atoms with Gasteiger partial charge in [-0.1, -0.05) is 6.07 Å². The van der Waals surface area contributed by atoms with Crippen molar-refractivity contribution >= 4 is 0 Å². The molecule has 102 valence electrons. The van der Waals surface area contributed by atoms with Gasteiger partial charge in [0.25, 0.3) is 0 Å². The molecule has 1 aromatic carbocycles. The molecule has 0 heterocycles. The van der Waals surface area contributed by atoms with Gasteiger partial charge in [0.2, 0.25) is 0 Å². The zero-order valence-corrected chi connectivity index (χ0v) is 11.9. The molecule has 1 aromatic rings. The van der Waals surface area contributed by atoms with Gasteiger partial charge in [-0.05, 0) is 33.3 Å². The van der Waals surface area contributed by atoms with E-state index in [0.29, 0.717) is 6.42 Å². The van der Waals surface area contributed by atoms with E-state index in [2.05, 4.69) is 0 Å². The molecule has 0 saturated heterocycles. The number of nitrogens with two attached hydrogens (primary N) is 2. The predicted octanol–water partition coefficient (Wildman–Crippen LogP) is 2.14. The lowest BCUT2D eigenvalue weighted by Crippen LogP contribution is -2.36. The van der Waals surface area contributed by atoms with Gasteiger partial charge in [0.15, 0.2) is 0 Å². The first-order chi connectivity index (χ1) is 8.30. The molecule has 0 aromatic heterocycles. The van der Waals surface area contributed by atoms with Gasteiger partial charge in [0.05, 0.1) is 14.2 Å². The molecule has 1 atom stereocenters. The number of ether oxygens (including phenoxy) is 2. The summed E-state index contributed by atoms with van der Waals surface area (Å²) < 4.78 is 10.7. The van der Waals surface area contributed by atoms with E-state index in [1.54, 1.807) is 14.2 Å². The summed E-state index contributed by atoms with van der Waals surface area (Å²) >= 11 is 0. The van der Waals surface area contributed by atoms with E-state index in [9.17, 15) is 0 Å². The quantitative estimate of drug-likeness (QED) is 0.842. The summed E-state index contributed by atoms with van der Waals surface area (Å²) in [4.78, 5) is 0. The van der Waals surface area contributed by atoms with Crippen LogP contribution in [0.3, 0.4) is 0 Å². The fourth-order valence-corrected chi connectivity index (χ4v) is 2.16. The van der Waals surface area contributed by atoms with Gasteiger partial charge in [-0.15, -0.1) is 0 Å². The normalized spacial score (nSPS) is 13.3. The molecule has 0 aliphatic rings. The van der Waals surface area contributed by atoms with Gasteiger partial charge < -0.3 is 20.9 Å². The number of hydrogen-bond donors (Lipinski definition) is 2. The summed E-state index contributed by atoms with van der Waals surface area (Å²) in [6.45, 7) is 5.90. The van der Waals surface area contributed by atoms with Crippen LogP contribution in [0.1, 0.15) is 37.4 Å². The first-order valence-electron chi connectivity index (χ1n) is 6.06. The monoisotopic (exact) mass is 252 g/mol. The van der Waals surface area contributed by atoms with E-state index in [4.69, 9.17) is 20.9 Å². The van der Waals surface area contributed by atoms with Crippen molar-refractivity contribution in [1.82, 2.24) is 0 Å². The maximum Gasteiger partial charge on any atom is 0.130 e. The molecular formula is C14H24N2O2. The second kappa shape index (κ2) is 5.59. The molecule has 1 unspecified atom stereocenters. The smallest absolute Gasteiger partial charge is 0.130 e. The van der Waals surface area contributed by atoms with Gasteiger partial charge >= 0.3 is 0 Å². The third-order valence-electron chi connectivity index (χ3n) is 2.96. The highest BCUT2D eigenvalue weighted by molar-refractivity contribution is 5.50. The molecular weight excluding hydrogens is 228 g/mol. The molecule has 4 nitrogen and oxygen atoms in total. The lowest BCUT2D eigenvalue weighted by atomic mass is 9.91. The van der Waals surface area contributed by atoms with Gasteiger partial charge in [0.1, 0.15) is 11.5 Å². The Morgan fingerprint density at radius 2 is 1.83 bits per heavy atom.